The Hall–Kier alpha value is -1.58. The quantitative estimate of drug-likeness (QED) is 0.754. The van der Waals surface area contributed by atoms with Gasteiger partial charge in [-0.05, 0) is 26.0 Å². The maximum Gasteiger partial charge on any atom is 0.0866 e. The van der Waals surface area contributed by atoms with Gasteiger partial charge in [0.15, 0.2) is 0 Å². The van der Waals surface area contributed by atoms with Crippen LogP contribution in [0.4, 0.5) is 5.69 Å². The Bertz CT molecular complexity index is 405. The van der Waals surface area contributed by atoms with Gasteiger partial charge in [-0.25, -0.2) is 4.52 Å². The van der Waals surface area contributed by atoms with Crippen molar-refractivity contribution in [1.29, 1.82) is 0 Å². The number of pyridine rings is 1. The van der Waals surface area contributed by atoms with Crippen molar-refractivity contribution in [2.24, 2.45) is 0 Å². The standard InChI is InChI=1S/C9H12N4/c1-7(2)11-8-3-4-9-5-10-12-13(9)6-8/h3-7,11H,1-2H3. The molecule has 0 bridgehead atoms. The highest BCUT2D eigenvalue weighted by Gasteiger charge is 1.97. The van der Waals surface area contributed by atoms with Gasteiger partial charge in [-0.15, -0.1) is 5.10 Å². The number of nitrogens with zero attached hydrogens (tertiary/aromatic N) is 3. The van der Waals surface area contributed by atoms with Crippen molar-refractivity contribution >= 4 is 11.2 Å². The van der Waals surface area contributed by atoms with Crippen LogP contribution < -0.4 is 5.32 Å². The third-order valence-electron chi connectivity index (χ3n) is 1.75. The van der Waals surface area contributed by atoms with Gasteiger partial charge < -0.3 is 5.32 Å². The molecular weight excluding hydrogens is 164 g/mol. The summed E-state index contributed by atoms with van der Waals surface area (Å²) in [6.07, 6.45) is 3.67. The summed E-state index contributed by atoms with van der Waals surface area (Å²) < 4.78 is 1.75. The molecule has 0 aliphatic carbocycles. The van der Waals surface area contributed by atoms with Gasteiger partial charge in [0.05, 0.1) is 23.6 Å². The molecule has 0 radical (unpaired) electrons. The molecule has 13 heavy (non-hydrogen) atoms. The van der Waals surface area contributed by atoms with Crippen LogP contribution in [0.15, 0.2) is 24.5 Å². The van der Waals surface area contributed by atoms with E-state index in [1.807, 2.05) is 18.3 Å². The molecule has 2 rings (SSSR count). The Balaban J connectivity index is 2.37. The molecule has 2 heterocycles. The first-order valence-electron chi connectivity index (χ1n) is 4.32. The van der Waals surface area contributed by atoms with Crippen LogP contribution in [-0.2, 0) is 0 Å². The van der Waals surface area contributed by atoms with Crippen LogP contribution in [-0.4, -0.2) is 20.9 Å². The van der Waals surface area contributed by atoms with Crippen molar-refractivity contribution in [3.8, 4) is 0 Å². The largest absolute Gasteiger partial charge is 0.382 e. The lowest BCUT2D eigenvalue weighted by molar-refractivity contribution is 0.846. The Morgan fingerprint density at radius 1 is 1.38 bits per heavy atom. The molecule has 68 valence electrons. The first-order chi connectivity index (χ1) is 6.25. The molecule has 4 nitrogen and oxygen atoms in total. The lowest BCUT2D eigenvalue weighted by Crippen LogP contribution is -2.10. The molecule has 0 saturated carbocycles. The molecule has 0 aromatic carbocycles. The average Bonchev–Trinajstić information content (AvgIpc) is 2.49. The summed E-state index contributed by atoms with van der Waals surface area (Å²) in [6.45, 7) is 4.21. The Kier molecular flexibility index (Phi) is 1.88. The summed E-state index contributed by atoms with van der Waals surface area (Å²) >= 11 is 0. The maximum atomic E-state index is 3.91. The van der Waals surface area contributed by atoms with E-state index in [-0.39, 0.29) is 0 Å². The number of aromatic nitrogens is 3. The zero-order valence-corrected chi connectivity index (χ0v) is 7.73. The normalized spacial score (nSPS) is 11.0. The average molecular weight is 176 g/mol. The van der Waals surface area contributed by atoms with Gasteiger partial charge in [-0.2, -0.15) is 0 Å². The molecular formula is C9H12N4. The van der Waals surface area contributed by atoms with E-state index in [9.17, 15) is 0 Å². The molecule has 1 N–H and O–H groups in total. The van der Waals surface area contributed by atoms with Crippen LogP contribution >= 0.6 is 0 Å². The molecule has 0 aliphatic heterocycles. The van der Waals surface area contributed by atoms with Gasteiger partial charge in [-0.3, -0.25) is 0 Å². The van der Waals surface area contributed by atoms with E-state index in [0.717, 1.165) is 11.2 Å². The van der Waals surface area contributed by atoms with Gasteiger partial charge in [-0.1, -0.05) is 5.21 Å². The van der Waals surface area contributed by atoms with E-state index < -0.39 is 0 Å². The van der Waals surface area contributed by atoms with Gasteiger partial charge in [0.25, 0.3) is 0 Å². The fourth-order valence-corrected chi connectivity index (χ4v) is 1.24. The number of nitrogens with one attached hydrogen (secondary N) is 1. The third-order valence-corrected chi connectivity index (χ3v) is 1.75. The minimum Gasteiger partial charge on any atom is -0.382 e. The van der Waals surface area contributed by atoms with Gasteiger partial charge in [0.1, 0.15) is 0 Å². The van der Waals surface area contributed by atoms with Gasteiger partial charge >= 0.3 is 0 Å². The topological polar surface area (TPSA) is 42.2 Å². The van der Waals surface area contributed by atoms with Crippen molar-refractivity contribution in [1.82, 2.24) is 14.8 Å². The summed E-state index contributed by atoms with van der Waals surface area (Å²) in [4.78, 5) is 0. The number of hydrogen-bond acceptors (Lipinski definition) is 3. The predicted molar refractivity (Wildman–Crippen MR) is 51.7 cm³/mol. The second kappa shape index (κ2) is 3.05. The lowest BCUT2D eigenvalue weighted by atomic mass is 10.3. The molecule has 0 atom stereocenters. The highest BCUT2D eigenvalue weighted by Crippen LogP contribution is 2.09. The smallest absolute Gasteiger partial charge is 0.0866 e. The molecule has 0 saturated heterocycles. The molecule has 0 spiro atoms. The Morgan fingerprint density at radius 3 is 3.00 bits per heavy atom. The third kappa shape index (κ3) is 1.61. The Labute approximate surface area is 76.6 Å². The van der Waals surface area contributed by atoms with Crippen molar-refractivity contribution < 1.29 is 0 Å². The van der Waals surface area contributed by atoms with Crippen molar-refractivity contribution in [3.05, 3.63) is 24.5 Å². The van der Waals surface area contributed by atoms with Gasteiger partial charge in [0.2, 0.25) is 0 Å². The van der Waals surface area contributed by atoms with Crippen LogP contribution in [0, 0.1) is 0 Å². The van der Waals surface area contributed by atoms with Crippen LogP contribution in [0.2, 0.25) is 0 Å². The first kappa shape index (κ1) is 8.04. The molecule has 0 aliphatic rings. The molecule has 2 aromatic rings. The first-order valence-corrected chi connectivity index (χ1v) is 4.32. The monoisotopic (exact) mass is 176 g/mol. The van der Waals surface area contributed by atoms with Crippen molar-refractivity contribution in [3.63, 3.8) is 0 Å². The van der Waals surface area contributed by atoms with Crippen LogP contribution in [0.25, 0.3) is 5.52 Å². The van der Waals surface area contributed by atoms with E-state index in [1.54, 1.807) is 10.7 Å². The van der Waals surface area contributed by atoms with Crippen molar-refractivity contribution in [2.45, 2.75) is 19.9 Å². The molecule has 0 amide bonds. The minimum atomic E-state index is 0.431. The van der Waals surface area contributed by atoms with E-state index in [4.69, 9.17) is 0 Å². The molecule has 0 unspecified atom stereocenters. The number of fused-ring (bicyclic) bond motifs is 1. The highest BCUT2D eigenvalue weighted by molar-refractivity contribution is 5.52. The van der Waals surface area contributed by atoms with E-state index in [2.05, 4.69) is 29.5 Å². The zero-order valence-electron chi connectivity index (χ0n) is 7.73. The summed E-state index contributed by atoms with van der Waals surface area (Å²) in [5, 5.41) is 11.0. The van der Waals surface area contributed by atoms with E-state index >= 15 is 0 Å². The predicted octanol–water partition coefficient (Wildman–Crippen LogP) is 1.55. The van der Waals surface area contributed by atoms with Crippen LogP contribution in [0.3, 0.4) is 0 Å². The van der Waals surface area contributed by atoms with Crippen molar-refractivity contribution in [2.75, 3.05) is 5.32 Å². The summed E-state index contributed by atoms with van der Waals surface area (Å²) in [5.41, 5.74) is 2.07. The summed E-state index contributed by atoms with van der Waals surface area (Å²) in [5.74, 6) is 0. The summed E-state index contributed by atoms with van der Waals surface area (Å²) in [6, 6.07) is 4.45. The lowest BCUT2D eigenvalue weighted by Gasteiger charge is -2.09. The molecule has 0 fully saturated rings. The molecule has 4 heteroatoms. The fourth-order valence-electron chi connectivity index (χ4n) is 1.24. The van der Waals surface area contributed by atoms with E-state index in [1.165, 1.54) is 0 Å². The highest BCUT2D eigenvalue weighted by atomic mass is 15.4. The number of rotatable bonds is 2. The zero-order chi connectivity index (χ0) is 9.26. The van der Waals surface area contributed by atoms with Crippen LogP contribution in [0.5, 0.6) is 0 Å². The van der Waals surface area contributed by atoms with Gasteiger partial charge in [0, 0.05) is 6.04 Å². The van der Waals surface area contributed by atoms with Crippen LogP contribution in [0.1, 0.15) is 13.8 Å². The minimum absolute atomic E-state index is 0.431. The maximum absolute atomic E-state index is 3.91. The van der Waals surface area contributed by atoms with E-state index in [0.29, 0.717) is 6.04 Å². The number of hydrogen-bond donors (Lipinski definition) is 1. The Morgan fingerprint density at radius 2 is 2.23 bits per heavy atom. The second-order valence-electron chi connectivity index (χ2n) is 3.32. The number of anilines is 1. The summed E-state index contributed by atoms with van der Waals surface area (Å²) in [7, 11) is 0. The second-order valence-corrected chi connectivity index (χ2v) is 3.32. The fraction of sp³-hybridized carbons (Fsp3) is 0.333. The molecule has 2 aromatic heterocycles. The SMILES string of the molecule is CC(C)Nc1ccc2cnnn2c1.